The molecular weight excluding hydrogens is 190 g/mol. The highest BCUT2D eigenvalue weighted by Gasteiger charge is 2.24. The summed E-state index contributed by atoms with van der Waals surface area (Å²) in [7, 11) is 0. The summed E-state index contributed by atoms with van der Waals surface area (Å²) in [4.78, 5) is 13.2. The molecule has 0 aromatic heterocycles. The van der Waals surface area contributed by atoms with Crippen molar-refractivity contribution in [2.45, 2.75) is 13.5 Å². The smallest absolute Gasteiger partial charge is 0.410 e. The van der Waals surface area contributed by atoms with E-state index in [4.69, 9.17) is 4.74 Å². The first-order valence-corrected chi connectivity index (χ1v) is 5.21. The van der Waals surface area contributed by atoms with E-state index in [0.29, 0.717) is 19.1 Å². The van der Waals surface area contributed by atoms with E-state index in [0.717, 1.165) is 12.1 Å². The molecule has 1 atom stereocenters. The maximum absolute atomic E-state index is 11.4. The fourth-order valence-corrected chi connectivity index (χ4v) is 1.74. The maximum Gasteiger partial charge on any atom is 0.410 e. The molecule has 15 heavy (non-hydrogen) atoms. The molecule has 1 aromatic rings. The van der Waals surface area contributed by atoms with Crippen molar-refractivity contribution in [3.8, 4) is 0 Å². The Kier molecular flexibility index (Phi) is 2.90. The fourth-order valence-electron chi connectivity index (χ4n) is 1.74. The van der Waals surface area contributed by atoms with Gasteiger partial charge >= 0.3 is 6.09 Å². The van der Waals surface area contributed by atoms with E-state index >= 15 is 0 Å². The number of rotatable bonds is 2. The van der Waals surface area contributed by atoms with E-state index < -0.39 is 0 Å². The number of amides is 1. The SMILES string of the molecule is C[C@@H]1COC(=O)N(Cc2ccccc2)C1. The van der Waals surface area contributed by atoms with Crippen LogP contribution in [0.3, 0.4) is 0 Å². The van der Waals surface area contributed by atoms with Crippen molar-refractivity contribution in [3.63, 3.8) is 0 Å². The average molecular weight is 205 g/mol. The van der Waals surface area contributed by atoms with Gasteiger partial charge in [0.2, 0.25) is 0 Å². The standard InChI is InChI=1S/C12H15NO2/c1-10-7-13(12(14)15-9-10)8-11-5-3-2-4-6-11/h2-6,10H,7-9H2,1H3/t10-/m0/s1. The molecule has 1 heterocycles. The minimum atomic E-state index is -0.197. The number of carbonyl (C=O) groups is 1. The van der Waals surface area contributed by atoms with Crippen molar-refractivity contribution in [1.82, 2.24) is 4.90 Å². The van der Waals surface area contributed by atoms with Crippen molar-refractivity contribution in [3.05, 3.63) is 35.9 Å². The van der Waals surface area contributed by atoms with Gasteiger partial charge in [-0.1, -0.05) is 37.3 Å². The van der Waals surface area contributed by atoms with Crippen molar-refractivity contribution in [1.29, 1.82) is 0 Å². The topological polar surface area (TPSA) is 29.5 Å². The highest BCUT2D eigenvalue weighted by atomic mass is 16.6. The first-order chi connectivity index (χ1) is 7.25. The third-order valence-electron chi connectivity index (χ3n) is 2.50. The predicted molar refractivity (Wildman–Crippen MR) is 57.4 cm³/mol. The van der Waals surface area contributed by atoms with Crippen LogP contribution in [0, 0.1) is 5.92 Å². The minimum Gasteiger partial charge on any atom is -0.449 e. The zero-order valence-corrected chi connectivity index (χ0v) is 8.85. The summed E-state index contributed by atoms with van der Waals surface area (Å²) < 4.78 is 5.06. The fraction of sp³-hybridized carbons (Fsp3) is 0.417. The Morgan fingerprint density at radius 2 is 2.13 bits per heavy atom. The van der Waals surface area contributed by atoms with E-state index in [1.807, 2.05) is 30.3 Å². The Labute approximate surface area is 89.7 Å². The maximum atomic E-state index is 11.4. The Hall–Kier alpha value is -1.51. The van der Waals surface area contributed by atoms with Gasteiger partial charge in [-0.2, -0.15) is 0 Å². The Bertz CT molecular complexity index is 337. The summed E-state index contributed by atoms with van der Waals surface area (Å²) in [5, 5.41) is 0. The molecule has 1 saturated heterocycles. The molecule has 0 radical (unpaired) electrons. The third kappa shape index (κ3) is 2.49. The monoisotopic (exact) mass is 205 g/mol. The summed E-state index contributed by atoms with van der Waals surface area (Å²) >= 11 is 0. The molecule has 3 heteroatoms. The summed E-state index contributed by atoms with van der Waals surface area (Å²) in [6.45, 7) is 4.06. The molecule has 1 aliphatic heterocycles. The van der Waals surface area contributed by atoms with Crippen LogP contribution in [-0.2, 0) is 11.3 Å². The predicted octanol–water partition coefficient (Wildman–Crippen LogP) is 2.27. The lowest BCUT2D eigenvalue weighted by molar-refractivity contribution is 0.0450. The first kappa shape index (κ1) is 10.0. The lowest BCUT2D eigenvalue weighted by Gasteiger charge is -2.30. The molecule has 0 aliphatic carbocycles. The van der Waals surface area contributed by atoms with E-state index in [1.54, 1.807) is 4.90 Å². The number of hydrogen-bond acceptors (Lipinski definition) is 2. The Morgan fingerprint density at radius 3 is 2.87 bits per heavy atom. The Morgan fingerprint density at radius 1 is 1.40 bits per heavy atom. The van der Waals surface area contributed by atoms with E-state index in [9.17, 15) is 4.79 Å². The highest BCUT2D eigenvalue weighted by Crippen LogP contribution is 2.14. The molecule has 3 nitrogen and oxygen atoms in total. The van der Waals surface area contributed by atoms with Gasteiger partial charge in [0.05, 0.1) is 6.61 Å². The molecular formula is C12H15NO2. The number of benzene rings is 1. The van der Waals surface area contributed by atoms with Gasteiger partial charge < -0.3 is 9.64 Å². The number of nitrogens with zero attached hydrogens (tertiary/aromatic N) is 1. The van der Waals surface area contributed by atoms with Crippen LogP contribution >= 0.6 is 0 Å². The lowest BCUT2D eigenvalue weighted by Crippen LogP contribution is -2.41. The molecule has 0 unspecified atom stereocenters. The van der Waals surface area contributed by atoms with Crippen molar-refractivity contribution >= 4 is 6.09 Å². The summed E-state index contributed by atoms with van der Waals surface area (Å²) in [5.41, 5.74) is 1.14. The van der Waals surface area contributed by atoms with Crippen molar-refractivity contribution in [2.24, 2.45) is 5.92 Å². The van der Waals surface area contributed by atoms with Crippen LogP contribution in [0.4, 0.5) is 4.79 Å². The van der Waals surface area contributed by atoms with Gasteiger partial charge in [-0.05, 0) is 5.56 Å². The molecule has 1 aliphatic rings. The molecule has 0 spiro atoms. The minimum absolute atomic E-state index is 0.197. The van der Waals surface area contributed by atoms with Gasteiger partial charge in [0.15, 0.2) is 0 Å². The van der Waals surface area contributed by atoms with E-state index in [2.05, 4.69) is 6.92 Å². The lowest BCUT2D eigenvalue weighted by atomic mass is 10.1. The Balaban J connectivity index is 2.01. The largest absolute Gasteiger partial charge is 0.449 e. The number of cyclic esters (lactones) is 1. The van der Waals surface area contributed by atoms with Crippen LogP contribution in [-0.4, -0.2) is 24.1 Å². The van der Waals surface area contributed by atoms with Gasteiger partial charge in [-0.3, -0.25) is 0 Å². The zero-order valence-electron chi connectivity index (χ0n) is 8.85. The summed E-state index contributed by atoms with van der Waals surface area (Å²) in [6.07, 6.45) is -0.197. The van der Waals surface area contributed by atoms with Gasteiger partial charge in [0, 0.05) is 19.0 Å². The second-order valence-electron chi connectivity index (χ2n) is 4.05. The van der Waals surface area contributed by atoms with Crippen molar-refractivity contribution in [2.75, 3.05) is 13.2 Å². The molecule has 80 valence electrons. The van der Waals surface area contributed by atoms with Gasteiger partial charge in [-0.15, -0.1) is 0 Å². The number of hydrogen-bond donors (Lipinski definition) is 0. The number of ether oxygens (including phenoxy) is 1. The molecule has 1 amide bonds. The second kappa shape index (κ2) is 4.34. The van der Waals surface area contributed by atoms with Gasteiger partial charge in [0.25, 0.3) is 0 Å². The summed E-state index contributed by atoms with van der Waals surface area (Å²) in [5.74, 6) is 0.423. The third-order valence-corrected chi connectivity index (χ3v) is 2.50. The normalized spacial score (nSPS) is 21.3. The van der Waals surface area contributed by atoms with Crippen LogP contribution < -0.4 is 0 Å². The van der Waals surface area contributed by atoms with Crippen molar-refractivity contribution < 1.29 is 9.53 Å². The van der Waals surface area contributed by atoms with Crippen LogP contribution in [0.15, 0.2) is 30.3 Å². The summed E-state index contributed by atoms with van der Waals surface area (Å²) in [6, 6.07) is 9.97. The zero-order chi connectivity index (χ0) is 10.7. The second-order valence-corrected chi connectivity index (χ2v) is 4.05. The van der Waals surface area contributed by atoms with Crippen LogP contribution in [0.2, 0.25) is 0 Å². The van der Waals surface area contributed by atoms with Crippen LogP contribution in [0.5, 0.6) is 0 Å². The van der Waals surface area contributed by atoms with Gasteiger partial charge in [-0.25, -0.2) is 4.79 Å². The molecule has 0 saturated carbocycles. The van der Waals surface area contributed by atoms with E-state index in [-0.39, 0.29) is 6.09 Å². The average Bonchev–Trinajstić information content (AvgIpc) is 2.25. The van der Waals surface area contributed by atoms with Crippen LogP contribution in [0.25, 0.3) is 0 Å². The highest BCUT2D eigenvalue weighted by molar-refractivity contribution is 5.68. The van der Waals surface area contributed by atoms with Gasteiger partial charge in [0.1, 0.15) is 0 Å². The quantitative estimate of drug-likeness (QED) is 0.741. The molecule has 2 rings (SSSR count). The molecule has 0 N–H and O–H groups in total. The molecule has 1 aromatic carbocycles. The molecule has 1 fully saturated rings. The van der Waals surface area contributed by atoms with Crippen LogP contribution in [0.1, 0.15) is 12.5 Å². The first-order valence-electron chi connectivity index (χ1n) is 5.21. The number of carbonyl (C=O) groups excluding carboxylic acids is 1. The molecule has 0 bridgehead atoms. The van der Waals surface area contributed by atoms with E-state index in [1.165, 1.54) is 0 Å².